The first-order valence-corrected chi connectivity index (χ1v) is 8.57. The molecule has 1 fully saturated rings. The smallest absolute Gasteiger partial charge is 0.247 e. The number of nitrogens with zero attached hydrogens (tertiary/aromatic N) is 3. The maximum absolute atomic E-state index is 5.46. The molecule has 0 aromatic carbocycles. The van der Waals surface area contributed by atoms with Crippen LogP contribution in [0.15, 0.2) is 0 Å². The van der Waals surface area contributed by atoms with Crippen LogP contribution in [0.2, 0.25) is 0 Å². The Morgan fingerprint density at radius 2 is 2.29 bits per heavy atom. The van der Waals surface area contributed by atoms with Crippen LogP contribution in [0, 0.1) is 4.77 Å². The van der Waals surface area contributed by atoms with Gasteiger partial charge < -0.3 is 0 Å². The molecule has 2 aromatic rings. The summed E-state index contributed by atoms with van der Waals surface area (Å²) in [4.78, 5) is 1.53. The van der Waals surface area contributed by atoms with E-state index in [1.54, 1.807) is 5.56 Å². The number of hydrogen-bond acceptors (Lipinski definition) is 6. The predicted octanol–water partition coefficient (Wildman–Crippen LogP) is 2.32. The molecule has 2 aromatic heterocycles. The van der Waals surface area contributed by atoms with Gasteiger partial charge in [0, 0.05) is 10.4 Å². The fourth-order valence-electron chi connectivity index (χ4n) is 3.82. The summed E-state index contributed by atoms with van der Waals surface area (Å²) in [6.45, 7) is 3.10. The summed E-state index contributed by atoms with van der Waals surface area (Å²) in [6.07, 6.45) is 3.92. The van der Waals surface area contributed by atoms with E-state index in [0.29, 0.717) is 10.7 Å². The summed E-state index contributed by atoms with van der Waals surface area (Å²) in [5.41, 5.74) is 6.30. The Morgan fingerprint density at radius 1 is 1.38 bits per heavy atom. The lowest BCUT2D eigenvalue weighted by Crippen LogP contribution is -2.39. The Morgan fingerprint density at radius 3 is 3.19 bits per heavy atom. The van der Waals surface area contributed by atoms with Crippen LogP contribution in [0.5, 0.6) is 0 Å². The minimum atomic E-state index is 0.165. The molecule has 0 amide bonds. The van der Waals surface area contributed by atoms with Crippen LogP contribution in [0.4, 0.5) is 5.95 Å². The van der Waals surface area contributed by atoms with Crippen molar-refractivity contribution in [2.45, 2.75) is 38.3 Å². The monoisotopic (exact) mass is 320 g/mol. The van der Waals surface area contributed by atoms with Gasteiger partial charge in [0.15, 0.2) is 0 Å². The maximum atomic E-state index is 5.46. The third-order valence-corrected chi connectivity index (χ3v) is 6.26. The third kappa shape index (κ3) is 1.48. The van der Waals surface area contributed by atoms with Gasteiger partial charge in [-0.3, -0.25) is 10.3 Å². The Bertz CT molecular complexity index is 787. The zero-order valence-electron chi connectivity index (χ0n) is 11.6. The molecular formula is C13H16N6S2. The molecule has 1 saturated heterocycles. The van der Waals surface area contributed by atoms with Crippen LogP contribution in [-0.4, -0.2) is 21.4 Å². The van der Waals surface area contributed by atoms with Gasteiger partial charge in [0.25, 0.3) is 0 Å². The molecule has 0 saturated carbocycles. The van der Waals surface area contributed by atoms with Crippen molar-refractivity contribution in [3.63, 3.8) is 0 Å². The van der Waals surface area contributed by atoms with Gasteiger partial charge in [-0.1, -0.05) is 6.92 Å². The SMILES string of the molecule is C[C@H]1CCCc2sc3c(c21)C1NCNN1c1n[nH]c(=S)n1-3. The highest BCUT2D eigenvalue weighted by molar-refractivity contribution is 7.71. The van der Waals surface area contributed by atoms with Gasteiger partial charge in [0.1, 0.15) is 11.2 Å². The highest BCUT2D eigenvalue weighted by Crippen LogP contribution is 2.49. The Kier molecular flexibility index (Phi) is 2.44. The van der Waals surface area contributed by atoms with Crippen LogP contribution in [-0.2, 0) is 6.42 Å². The zero-order chi connectivity index (χ0) is 14.1. The van der Waals surface area contributed by atoms with E-state index < -0.39 is 0 Å². The van der Waals surface area contributed by atoms with Crippen LogP contribution < -0.4 is 15.8 Å². The molecule has 0 bridgehead atoms. The van der Waals surface area contributed by atoms with E-state index in [-0.39, 0.29) is 6.17 Å². The molecule has 6 nitrogen and oxygen atoms in total. The van der Waals surface area contributed by atoms with Crippen LogP contribution in [0.3, 0.4) is 0 Å². The maximum Gasteiger partial charge on any atom is 0.247 e. The van der Waals surface area contributed by atoms with Crippen molar-refractivity contribution in [2.24, 2.45) is 0 Å². The summed E-state index contributed by atoms with van der Waals surface area (Å²) in [6, 6.07) is 0. The van der Waals surface area contributed by atoms with Crippen molar-refractivity contribution >= 4 is 29.5 Å². The summed E-state index contributed by atoms with van der Waals surface area (Å²) >= 11 is 7.35. The van der Waals surface area contributed by atoms with Gasteiger partial charge in [-0.05, 0) is 43.0 Å². The third-order valence-electron chi connectivity index (χ3n) is 4.72. The molecule has 110 valence electrons. The topological polar surface area (TPSA) is 60.9 Å². The van der Waals surface area contributed by atoms with E-state index in [0.717, 1.165) is 12.6 Å². The zero-order valence-corrected chi connectivity index (χ0v) is 13.3. The molecule has 2 atom stereocenters. The molecular weight excluding hydrogens is 304 g/mol. The molecule has 0 spiro atoms. The molecule has 5 rings (SSSR count). The first-order valence-electron chi connectivity index (χ1n) is 7.35. The van der Waals surface area contributed by atoms with Gasteiger partial charge >= 0.3 is 0 Å². The standard InChI is InChI=1S/C13H16N6S2/c1-6-3-2-4-7-8(6)9-10-14-5-15-19(10)12-16-17-13(20)18(12)11(9)21-7/h6,10,14-15H,2-5H2,1H3,(H,17,20)/t6-,10?/m0/s1. The lowest BCUT2D eigenvalue weighted by molar-refractivity contribution is 0.554. The number of aryl methyl sites for hydroxylation is 1. The second-order valence-electron chi connectivity index (χ2n) is 5.93. The number of thiophene rings is 1. The van der Waals surface area contributed by atoms with Crippen molar-refractivity contribution in [3.8, 4) is 5.00 Å². The molecule has 1 unspecified atom stereocenters. The molecule has 3 N–H and O–H groups in total. The fraction of sp³-hybridized carbons (Fsp3) is 0.538. The predicted molar refractivity (Wildman–Crippen MR) is 84.3 cm³/mol. The van der Waals surface area contributed by atoms with E-state index in [2.05, 4.69) is 37.4 Å². The number of hydrogen-bond donors (Lipinski definition) is 3. The summed E-state index contributed by atoms with van der Waals surface area (Å²) in [5.74, 6) is 1.48. The number of aromatic amines is 1. The van der Waals surface area contributed by atoms with E-state index in [1.165, 1.54) is 34.7 Å². The van der Waals surface area contributed by atoms with Crippen molar-refractivity contribution in [1.82, 2.24) is 25.5 Å². The minimum Gasteiger partial charge on any atom is -0.278 e. The summed E-state index contributed by atoms with van der Waals surface area (Å²) < 4.78 is 2.75. The lowest BCUT2D eigenvalue weighted by atomic mass is 9.85. The fourth-order valence-corrected chi connectivity index (χ4v) is 5.60. The highest BCUT2D eigenvalue weighted by atomic mass is 32.1. The van der Waals surface area contributed by atoms with E-state index in [9.17, 15) is 0 Å². The minimum absolute atomic E-state index is 0.165. The van der Waals surface area contributed by atoms with Gasteiger partial charge in [0.05, 0.1) is 6.67 Å². The number of fused-ring (bicyclic) bond motifs is 8. The first-order chi connectivity index (χ1) is 10.3. The molecule has 8 heteroatoms. The van der Waals surface area contributed by atoms with Crippen molar-refractivity contribution in [3.05, 3.63) is 20.8 Å². The molecule has 3 aliphatic rings. The second kappa shape index (κ2) is 4.16. The van der Waals surface area contributed by atoms with E-state index in [4.69, 9.17) is 12.2 Å². The van der Waals surface area contributed by atoms with Crippen molar-refractivity contribution in [2.75, 3.05) is 11.7 Å². The molecule has 21 heavy (non-hydrogen) atoms. The average Bonchev–Trinajstić information content (AvgIpc) is 3.13. The van der Waals surface area contributed by atoms with Gasteiger partial charge in [0.2, 0.25) is 10.7 Å². The normalized spacial score (nSPS) is 26.2. The van der Waals surface area contributed by atoms with Gasteiger partial charge in [-0.2, -0.15) is 0 Å². The number of nitrogens with one attached hydrogen (secondary N) is 3. The highest BCUT2D eigenvalue weighted by Gasteiger charge is 2.41. The van der Waals surface area contributed by atoms with Crippen LogP contribution in [0.1, 0.15) is 47.9 Å². The van der Waals surface area contributed by atoms with Crippen molar-refractivity contribution < 1.29 is 0 Å². The molecule has 2 aliphatic heterocycles. The van der Waals surface area contributed by atoms with Crippen LogP contribution in [0.25, 0.3) is 5.00 Å². The Hall–Kier alpha value is -1.22. The van der Waals surface area contributed by atoms with Crippen molar-refractivity contribution in [1.29, 1.82) is 0 Å². The van der Waals surface area contributed by atoms with Crippen LogP contribution >= 0.6 is 23.6 Å². The average molecular weight is 320 g/mol. The number of hydrazine groups is 1. The Balaban J connectivity index is 1.86. The molecule has 4 heterocycles. The van der Waals surface area contributed by atoms with E-state index in [1.807, 2.05) is 11.3 Å². The second-order valence-corrected chi connectivity index (χ2v) is 7.40. The summed E-state index contributed by atoms with van der Waals surface area (Å²) in [5, 5.41) is 14.2. The quantitative estimate of drug-likeness (QED) is 0.650. The lowest BCUT2D eigenvalue weighted by Gasteiger charge is -2.31. The van der Waals surface area contributed by atoms with Gasteiger partial charge in [-0.25, -0.2) is 15.1 Å². The summed E-state index contributed by atoms with van der Waals surface area (Å²) in [7, 11) is 0. The molecule has 1 aliphatic carbocycles. The first kappa shape index (κ1) is 12.3. The number of aromatic nitrogens is 3. The van der Waals surface area contributed by atoms with Gasteiger partial charge in [-0.15, -0.1) is 16.4 Å². The largest absolute Gasteiger partial charge is 0.278 e. The Labute approximate surface area is 131 Å². The van der Waals surface area contributed by atoms with E-state index >= 15 is 0 Å². The number of anilines is 1. The number of H-pyrrole nitrogens is 1. The number of rotatable bonds is 0. The molecule has 0 radical (unpaired) electrons.